The van der Waals surface area contributed by atoms with Crippen LogP contribution in [0.1, 0.15) is 37.3 Å². The van der Waals surface area contributed by atoms with Crippen LogP contribution in [0.15, 0.2) is 36.4 Å². The summed E-state index contributed by atoms with van der Waals surface area (Å²) in [7, 11) is 0. The van der Waals surface area contributed by atoms with Crippen molar-refractivity contribution in [1.82, 2.24) is 0 Å². The number of aryl methyl sites for hydroxylation is 2. The maximum atomic E-state index is 12.6. The zero-order chi connectivity index (χ0) is 19.4. The number of nitro groups is 1. The second kappa shape index (κ2) is 8.39. The summed E-state index contributed by atoms with van der Waals surface area (Å²) in [6.45, 7) is 1.84. The number of halogens is 1. The molecule has 6 nitrogen and oxygen atoms in total. The first-order valence-electron chi connectivity index (χ1n) is 9.01. The maximum Gasteiger partial charge on any atom is 0.271 e. The molecule has 0 spiro atoms. The highest BCUT2D eigenvalue weighted by molar-refractivity contribution is 6.33. The van der Waals surface area contributed by atoms with Gasteiger partial charge in [-0.15, -0.1) is 0 Å². The molecule has 0 bridgehead atoms. The number of non-ortho nitro benzene ring substituents is 1. The van der Waals surface area contributed by atoms with Crippen molar-refractivity contribution in [3.8, 4) is 5.75 Å². The van der Waals surface area contributed by atoms with E-state index in [4.69, 9.17) is 16.3 Å². The number of hydrogen-bond acceptors (Lipinski definition) is 4. The lowest BCUT2D eigenvalue weighted by Gasteiger charge is -2.20. The van der Waals surface area contributed by atoms with Gasteiger partial charge in [0, 0.05) is 12.1 Å². The maximum absolute atomic E-state index is 12.6. The van der Waals surface area contributed by atoms with Crippen LogP contribution < -0.4 is 10.1 Å². The van der Waals surface area contributed by atoms with Gasteiger partial charge in [0.15, 0.2) is 6.10 Å². The Morgan fingerprint density at radius 1 is 1.22 bits per heavy atom. The number of hydrogen-bond donors (Lipinski definition) is 1. The molecule has 1 atom stereocenters. The largest absolute Gasteiger partial charge is 0.481 e. The predicted octanol–water partition coefficient (Wildman–Crippen LogP) is 4.92. The van der Waals surface area contributed by atoms with E-state index in [0.717, 1.165) is 12.8 Å². The quantitative estimate of drug-likeness (QED) is 0.562. The number of benzene rings is 2. The van der Waals surface area contributed by atoms with Crippen LogP contribution in [0, 0.1) is 10.1 Å². The van der Waals surface area contributed by atoms with Gasteiger partial charge in [-0.1, -0.05) is 24.6 Å². The van der Waals surface area contributed by atoms with E-state index >= 15 is 0 Å². The first-order chi connectivity index (χ1) is 13.0. The molecule has 0 aliphatic heterocycles. The fraction of sp³-hybridized carbons (Fsp3) is 0.350. The lowest BCUT2D eigenvalue weighted by atomic mass is 9.92. The van der Waals surface area contributed by atoms with Gasteiger partial charge in [0.05, 0.1) is 15.6 Å². The van der Waals surface area contributed by atoms with Crippen molar-refractivity contribution < 1.29 is 14.5 Å². The average Bonchev–Trinajstić information content (AvgIpc) is 2.67. The van der Waals surface area contributed by atoms with Gasteiger partial charge >= 0.3 is 0 Å². The normalized spacial score (nSPS) is 14.1. The van der Waals surface area contributed by atoms with Crippen LogP contribution in [0.3, 0.4) is 0 Å². The number of nitro benzene ring substituents is 1. The third-order valence-electron chi connectivity index (χ3n) is 4.68. The first kappa shape index (κ1) is 19.2. The van der Waals surface area contributed by atoms with Gasteiger partial charge in [-0.2, -0.15) is 0 Å². The Morgan fingerprint density at radius 2 is 1.96 bits per heavy atom. The molecular formula is C20H21ClN2O4. The Hall–Kier alpha value is -2.60. The highest BCUT2D eigenvalue weighted by atomic mass is 35.5. The van der Waals surface area contributed by atoms with Crippen molar-refractivity contribution in [3.63, 3.8) is 0 Å². The molecule has 27 heavy (non-hydrogen) atoms. The van der Waals surface area contributed by atoms with E-state index in [-0.39, 0.29) is 16.4 Å². The molecule has 1 unspecified atom stereocenters. The fourth-order valence-corrected chi connectivity index (χ4v) is 3.37. The van der Waals surface area contributed by atoms with Crippen LogP contribution in [-0.4, -0.2) is 16.9 Å². The number of carbonyl (C=O) groups is 1. The lowest BCUT2D eigenvalue weighted by Crippen LogP contribution is -2.32. The zero-order valence-electron chi connectivity index (χ0n) is 15.0. The average molecular weight is 389 g/mol. The van der Waals surface area contributed by atoms with E-state index in [1.54, 1.807) is 0 Å². The second-order valence-electron chi connectivity index (χ2n) is 6.56. The summed E-state index contributed by atoms with van der Waals surface area (Å²) in [6.07, 6.45) is 4.21. The topological polar surface area (TPSA) is 81.5 Å². The van der Waals surface area contributed by atoms with E-state index in [1.165, 1.54) is 42.2 Å². The number of rotatable bonds is 6. The summed E-state index contributed by atoms with van der Waals surface area (Å²) in [6, 6.07) is 9.88. The summed E-state index contributed by atoms with van der Waals surface area (Å²) in [5.74, 6) is 0.264. The Morgan fingerprint density at radius 3 is 2.67 bits per heavy atom. The molecular weight excluding hydrogens is 368 g/mol. The van der Waals surface area contributed by atoms with Gasteiger partial charge in [0.25, 0.3) is 11.6 Å². The molecule has 1 N–H and O–H groups in total. The van der Waals surface area contributed by atoms with Crippen molar-refractivity contribution in [1.29, 1.82) is 0 Å². The molecule has 0 saturated carbocycles. The Kier molecular flexibility index (Phi) is 5.96. The van der Waals surface area contributed by atoms with Crippen molar-refractivity contribution in [2.75, 3.05) is 5.32 Å². The minimum Gasteiger partial charge on any atom is -0.481 e. The monoisotopic (exact) mass is 388 g/mol. The summed E-state index contributed by atoms with van der Waals surface area (Å²) >= 11 is 6.05. The third-order valence-corrected chi connectivity index (χ3v) is 5.01. The minimum atomic E-state index is -0.720. The molecule has 0 heterocycles. The van der Waals surface area contributed by atoms with Gasteiger partial charge in [-0.25, -0.2) is 0 Å². The van der Waals surface area contributed by atoms with Crippen LogP contribution in [0.4, 0.5) is 11.4 Å². The Labute approximate surface area is 162 Å². The molecule has 0 saturated heterocycles. The van der Waals surface area contributed by atoms with E-state index in [9.17, 15) is 14.9 Å². The number of carbonyl (C=O) groups excluding carboxylic acids is 1. The van der Waals surface area contributed by atoms with Crippen LogP contribution in [0.25, 0.3) is 0 Å². The summed E-state index contributed by atoms with van der Waals surface area (Å²) in [5.41, 5.74) is 2.67. The summed E-state index contributed by atoms with van der Waals surface area (Å²) in [4.78, 5) is 23.0. The molecule has 1 aliphatic carbocycles. The Bertz CT molecular complexity index is 869. The molecule has 0 aromatic heterocycles. The van der Waals surface area contributed by atoms with E-state index in [2.05, 4.69) is 11.4 Å². The number of fused-ring (bicyclic) bond motifs is 1. The standard InChI is InChI=1S/C20H21ClN2O4/c1-2-19(27-16-9-7-13-5-3-4-6-14(13)11-16)20(24)22-18-12-15(23(25)26)8-10-17(18)21/h7-12,19H,2-6H2,1H3,(H,22,24). The van der Waals surface area contributed by atoms with Gasteiger partial charge in [0.1, 0.15) is 5.75 Å². The number of nitrogens with zero attached hydrogens (tertiary/aromatic N) is 1. The van der Waals surface area contributed by atoms with E-state index in [1.807, 2.05) is 19.1 Å². The number of ether oxygens (including phenoxy) is 1. The van der Waals surface area contributed by atoms with E-state index < -0.39 is 16.9 Å². The summed E-state index contributed by atoms with van der Waals surface area (Å²) in [5, 5.41) is 13.8. The van der Waals surface area contributed by atoms with Gasteiger partial charge in [0.2, 0.25) is 0 Å². The molecule has 7 heteroatoms. The van der Waals surface area contributed by atoms with Crippen LogP contribution in [0.2, 0.25) is 5.02 Å². The van der Waals surface area contributed by atoms with Crippen molar-refractivity contribution in [3.05, 3.63) is 62.7 Å². The minimum absolute atomic E-state index is 0.140. The molecule has 2 aromatic rings. The van der Waals surface area contributed by atoms with Gasteiger partial charge < -0.3 is 10.1 Å². The molecule has 1 aliphatic rings. The van der Waals surface area contributed by atoms with Gasteiger partial charge in [-0.05, 0) is 61.4 Å². The zero-order valence-corrected chi connectivity index (χ0v) is 15.8. The number of amides is 1. The Balaban J connectivity index is 1.73. The highest BCUT2D eigenvalue weighted by Crippen LogP contribution is 2.28. The highest BCUT2D eigenvalue weighted by Gasteiger charge is 2.21. The van der Waals surface area contributed by atoms with Crippen LogP contribution in [0.5, 0.6) is 5.75 Å². The first-order valence-corrected chi connectivity index (χ1v) is 9.39. The number of anilines is 1. The molecule has 0 fully saturated rings. The fourth-order valence-electron chi connectivity index (χ4n) is 3.21. The predicted molar refractivity (Wildman–Crippen MR) is 105 cm³/mol. The van der Waals surface area contributed by atoms with E-state index in [0.29, 0.717) is 12.2 Å². The smallest absolute Gasteiger partial charge is 0.271 e. The lowest BCUT2D eigenvalue weighted by molar-refractivity contribution is -0.384. The van der Waals surface area contributed by atoms with Crippen LogP contribution >= 0.6 is 11.6 Å². The SMILES string of the molecule is CCC(Oc1ccc2c(c1)CCCC2)C(=O)Nc1cc([N+](=O)[O-])ccc1Cl. The second-order valence-corrected chi connectivity index (χ2v) is 6.97. The van der Waals surface area contributed by atoms with Crippen LogP contribution in [-0.2, 0) is 17.6 Å². The van der Waals surface area contributed by atoms with Gasteiger partial charge in [-0.3, -0.25) is 14.9 Å². The molecule has 1 amide bonds. The van der Waals surface area contributed by atoms with Crippen molar-refractivity contribution >= 4 is 28.9 Å². The number of nitrogens with one attached hydrogen (secondary N) is 1. The van der Waals surface area contributed by atoms with Crippen molar-refractivity contribution in [2.24, 2.45) is 0 Å². The third kappa shape index (κ3) is 4.57. The molecule has 3 rings (SSSR count). The summed E-state index contributed by atoms with van der Waals surface area (Å²) < 4.78 is 5.89. The molecule has 142 valence electrons. The van der Waals surface area contributed by atoms with Crippen molar-refractivity contribution in [2.45, 2.75) is 45.1 Å². The molecule has 2 aromatic carbocycles. The molecule has 0 radical (unpaired) electrons.